The van der Waals surface area contributed by atoms with E-state index in [1.807, 2.05) is 12.1 Å². The maximum absolute atomic E-state index is 6.63. The van der Waals surface area contributed by atoms with E-state index >= 15 is 0 Å². The van der Waals surface area contributed by atoms with E-state index in [0.29, 0.717) is 0 Å². The van der Waals surface area contributed by atoms with Crippen LogP contribution in [0.15, 0.2) is 215 Å². The summed E-state index contributed by atoms with van der Waals surface area (Å²) in [4.78, 5) is 7.48. The highest BCUT2D eigenvalue weighted by molar-refractivity contribution is 7.00. The third-order valence-electron chi connectivity index (χ3n) is 16.8. The number of aryl methyl sites for hydroxylation is 1. The topological polar surface area (TPSA) is 36.0 Å². The van der Waals surface area contributed by atoms with Crippen molar-refractivity contribution in [2.75, 3.05) is 14.7 Å². The molecule has 0 spiro atoms. The Morgan fingerprint density at radius 2 is 0.873 bits per heavy atom. The van der Waals surface area contributed by atoms with E-state index in [0.717, 1.165) is 94.8 Å². The fourth-order valence-corrected chi connectivity index (χ4v) is 12.6. The highest BCUT2D eigenvalue weighted by Crippen LogP contribution is 2.49. The van der Waals surface area contributed by atoms with Crippen LogP contribution in [0.5, 0.6) is 0 Å². The van der Waals surface area contributed by atoms with Gasteiger partial charge in [-0.1, -0.05) is 172 Å². The highest BCUT2D eigenvalue weighted by Gasteiger charge is 2.44. The predicted octanol–water partition coefficient (Wildman–Crippen LogP) is 18.9. The van der Waals surface area contributed by atoms with Crippen LogP contribution in [0.4, 0.5) is 51.2 Å². The second-order valence-corrected chi connectivity index (χ2v) is 25.1. The van der Waals surface area contributed by atoms with Crippen LogP contribution < -0.4 is 31.1 Å². The van der Waals surface area contributed by atoms with Crippen molar-refractivity contribution in [3.63, 3.8) is 0 Å². The van der Waals surface area contributed by atoms with Crippen LogP contribution in [-0.2, 0) is 16.2 Å². The number of hydrogen-bond donors (Lipinski definition) is 0. The molecule has 0 fully saturated rings. The molecule has 14 rings (SSSR count). The summed E-state index contributed by atoms with van der Waals surface area (Å²) >= 11 is 0. The molecule has 0 amide bonds. The number of hydrogen-bond acceptors (Lipinski definition) is 5. The van der Waals surface area contributed by atoms with E-state index in [2.05, 4.69) is 278 Å². The van der Waals surface area contributed by atoms with Crippen LogP contribution in [-0.4, -0.2) is 6.71 Å². The minimum Gasteiger partial charge on any atom is -0.456 e. The van der Waals surface area contributed by atoms with Crippen LogP contribution in [0.3, 0.4) is 0 Å². The van der Waals surface area contributed by atoms with E-state index in [9.17, 15) is 0 Å². The third kappa shape index (κ3) is 7.97. The van der Waals surface area contributed by atoms with Crippen LogP contribution in [0, 0.1) is 6.92 Å². The van der Waals surface area contributed by atoms with Gasteiger partial charge in [0.25, 0.3) is 6.71 Å². The average molecular weight is 1030 g/mol. The standard InChI is InChI=1S/C73H64BN3O2/c1-45-40-64-69-65(41-45)77(54-35-37-58-56-16-11-13-20-66(56)78-68(58)44-54)62-42-49(73(8,9)10)28-38-60(62)74(69)61-39-36-53(75(50-31-24-47(25-32-50)71(2,3)4)51-33-26-48(27-34-51)72(5,6)7)43-63(61)76(64)52-29-22-46(23-30-52)55-18-15-19-59-57-17-12-14-21-67(57)79-70(55)59/h11-44H,1-10H3. The fraction of sp³-hybridized carbons (Fsp3) is 0.178. The SMILES string of the molecule is Cc1cc2c3c(c1)N(c1ccc4c(c1)oc1ccccc14)c1cc(C(C)(C)C)ccc1B3c1ccc(N(c3ccc(C(C)(C)C)cc3)c3ccc(C(C)(C)C)cc3)cc1N2c1ccc(-c2cccc3c2oc2ccccc23)cc1. The first kappa shape index (κ1) is 48.6. The number of rotatable bonds is 6. The van der Waals surface area contributed by atoms with Crippen molar-refractivity contribution in [3.8, 4) is 11.1 Å². The van der Waals surface area contributed by atoms with E-state index in [1.165, 1.54) is 50.0 Å². The van der Waals surface area contributed by atoms with Crippen molar-refractivity contribution in [1.82, 2.24) is 0 Å². The fourth-order valence-electron chi connectivity index (χ4n) is 12.6. The molecular formula is C73H64BN3O2. The molecule has 0 radical (unpaired) electrons. The van der Waals surface area contributed by atoms with Gasteiger partial charge in [-0.2, -0.15) is 0 Å². The summed E-state index contributed by atoms with van der Waals surface area (Å²) < 4.78 is 13.2. The number of nitrogens with zero attached hydrogens (tertiary/aromatic N) is 3. The smallest absolute Gasteiger partial charge is 0.252 e. The van der Waals surface area contributed by atoms with Crippen molar-refractivity contribution in [2.24, 2.45) is 0 Å². The molecule has 386 valence electrons. The molecule has 0 bridgehead atoms. The lowest BCUT2D eigenvalue weighted by atomic mass is 9.33. The van der Waals surface area contributed by atoms with Crippen LogP contribution in [0.1, 0.15) is 84.6 Å². The van der Waals surface area contributed by atoms with Gasteiger partial charge in [-0.15, -0.1) is 0 Å². The molecule has 4 heterocycles. The molecule has 0 N–H and O–H groups in total. The van der Waals surface area contributed by atoms with E-state index in [4.69, 9.17) is 8.83 Å². The molecule has 2 aromatic heterocycles. The number of para-hydroxylation sites is 3. The van der Waals surface area contributed by atoms with Gasteiger partial charge in [-0.3, -0.25) is 0 Å². The van der Waals surface area contributed by atoms with Gasteiger partial charge < -0.3 is 23.5 Å². The van der Waals surface area contributed by atoms with Gasteiger partial charge in [-0.25, -0.2) is 0 Å². The molecule has 0 saturated carbocycles. The summed E-state index contributed by atoms with van der Waals surface area (Å²) in [5.41, 5.74) is 24.6. The molecule has 2 aliphatic rings. The summed E-state index contributed by atoms with van der Waals surface area (Å²) in [5, 5.41) is 4.49. The lowest BCUT2D eigenvalue weighted by Crippen LogP contribution is -2.61. The number of anilines is 9. The number of benzene rings is 10. The Morgan fingerprint density at radius 3 is 1.49 bits per heavy atom. The normalized spacial score (nSPS) is 13.4. The Bertz CT molecular complexity index is 4330. The van der Waals surface area contributed by atoms with Crippen molar-refractivity contribution in [2.45, 2.75) is 85.5 Å². The van der Waals surface area contributed by atoms with Crippen molar-refractivity contribution < 1.29 is 8.83 Å². The van der Waals surface area contributed by atoms with Gasteiger partial charge in [0.15, 0.2) is 0 Å². The van der Waals surface area contributed by atoms with Crippen molar-refractivity contribution >= 4 is 118 Å². The van der Waals surface area contributed by atoms with Gasteiger partial charge in [0.05, 0.1) is 0 Å². The van der Waals surface area contributed by atoms with Gasteiger partial charge >= 0.3 is 0 Å². The van der Waals surface area contributed by atoms with Crippen LogP contribution in [0.25, 0.3) is 55.0 Å². The molecular weight excluding hydrogens is 962 g/mol. The van der Waals surface area contributed by atoms with Crippen LogP contribution >= 0.6 is 0 Å². The van der Waals surface area contributed by atoms with Gasteiger partial charge in [0.2, 0.25) is 0 Å². The van der Waals surface area contributed by atoms with Gasteiger partial charge in [-0.05, 0) is 158 Å². The second kappa shape index (κ2) is 17.6. The zero-order chi connectivity index (χ0) is 54.3. The van der Waals surface area contributed by atoms with Gasteiger partial charge in [0, 0.05) is 84.4 Å². The monoisotopic (exact) mass is 1030 g/mol. The van der Waals surface area contributed by atoms with E-state index < -0.39 is 0 Å². The first-order valence-electron chi connectivity index (χ1n) is 27.9. The van der Waals surface area contributed by atoms with Crippen molar-refractivity contribution in [3.05, 3.63) is 229 Å². The third-order valence-corrected chi connectivity index (χ3v) is 16.8. The summed E-state index contributed by atoms with van der Waals surface area (Å²) in [6.07, 6.45) is 0. The Balaban J connectivity index is 1.01. The zero-order valence-electron chi connectivity index (χ0n) is 46.9. The molecule has 12 aromatic rings. The van der Waals surface area contributed by atoms with Crippen LogP contribution in [0.2, 0.25) is 0 Å². The molecule has 0 unspecified atom stereocenters. The minimum atomic E-state index is -0.0840. The van der Waals surface area contributed by atoms with E-state index in [1.54, 1.807) is 0 Å². The zero-order valence-corrected chi connectivity index (χ0v) is 46.9. The lowest BCUT2D eigenvalue weighted by Gasteiger charge is -2.45. The molecule has 0 aliphatic carbocycles. The molecule has 10 aromatic carbocycles. The maximum atomic E-state index is 6.63. The first-order chi connectivity index (χ1) is 38.0. The summed E-state index contributed by atoms with van der Waals surface area (Å²) in [6.45, 7) is 22.8. The quantitative estimate of drug-likeness (QED) is 0.155. The molecule has 0 saturated heterocycles. The summed E-state index contributed by atoms with van der Waals surface area (Å²) in [5.74, 6) is 0. The number of fused-ring (bicyclic) bond motifs is 10. The minimum absolute atomic E-state index is 0.0161. The summed E-state index contributed by atoms with van der Waals surface area (Å²) in [6, 6.07) is 76.8. The molecule has 0 atom stereocenters. The second-order valence-electron chi connectivity index (χ2n) is 25.1. The summed E-state index contributed by atoms with van der Waals surface area (Å²) in [7, 11) is 0. The molecule has 2 aliphatic heterocycles. The van der Waals surface area contributed by atoms with Gasteiger partial charge in [0.1, 0.15) is 22.3 Å². The lowest BCUT2D eigenvalue weighted by molar-refractivity contribution is 0.590. The molecule has 6 heteroatoms. The Labute approximate surface area is 464 Å². The Hall–Kier alpha value is -8.74. The van der Waals surface area contributed by atoms with E-state index in [-0.39, 0.29) is 23.0 Å². The molecule has 79 heavy (non-hydrogen) atoms. The maximum Gasteiger partial charge on any atom is 0.252 e. The molecule has 5 nitrogen and oxygen atoms in total. The average Bonchev–Trinajstić information content (AvgIpc) is 4.19. The highest BCUT2D eigenvalue weighted by atomic mass is 16.3. The first-order valence-corrected chi connectivity index (χ1v) is 27.9. The number of furan rings is 2. The van der Waals surface area contributed by atoms with Crippen molar-refractivity contribution in [1.29, 1.82) is 0 Å². The Morgan fingerprint density at radius 1 is 0.380 bits per heavy atom. The Kier molecular flexibility index (Phi) is 10.9. The largest absolute Gasteiger partial charge is 0.456 e. The predicted molar refractivity (Wildman–Crippen MR) is 336 cm³/mol.